The highest BCUT2D eigenvalue weighted by Crippen LogP contribution is 2.22. The topological polar surface area (TPSA) is 69.9 Å². The fraction of sp³-hybridized carbons (Fsp3) is 0.400. The Bertz CT molecular complexity index is 1160. The first-order chi connectivity index (χ1) is 15.4. The zero-order chi connectivity index (χ0) is 23.1. The first kappa shape index (κ1) is 23.7. The maximum atomic E-state index is 12.9. The third kappa shape index (κ3) is 5.85. The number of carbonyl (C=O) groups is 2. The van der Waals surface area contributed by atoms with Crippen molar-refractivity contribution in [2.45, 2.75) is 53.5 Å². The largest absolute Gasteiger partial charge is 0.494 e. The minimum Gasteiger partial charge on any atom is -0.494 e. The van der Waals surface area contributed by atoms with Gasteiger partial charge in [0.1, 0.15) is 12.3 Å². The molecule has 0 bridgehead atoms. The van der Waals surface area contributed by atoms with Crippen LogP contribution in [0.2, 0.25) is 0 Å². The quantitative estimate of drug-likeness (QED) is 0.329. The highest BCUT2D eigenvalue weighted by atomic mass is 32.1. The van der Waals surface area contributed by atoms with Gasteiger partial charge < -0.3 is 14.0 Å². The molecule has 0 aliphatic carbocycles. The molecule has 0 aliphatic heterocycles. The third-order valence-electron chi connectivity index (χ3n) is 5.21. The van der Waals surface area contributed by atoms with Gasteiger partial charge in [0.25, 0.3) is 5.91 Å². The Morgan fingerprint density at radius 3 is 2.44 bits per heavy atom. The van der Waals surface area contributed by atoms with Crippen LogP contribution in [0.25, 0.3) is 10.2 Å². The molecular weight excluding hydrogens is 424 g/mol. The minimum absolute atomic E-state index is 0.00694. The monoisotopic (exact) mass is 454 g/mol. The lowest BCUT2D eigenvalue weighted by Crippen LogP contribution is -2.23. The second kappa shape index (κ2) is 11.1. The van der Waals surface area contributed by atoms with Crippen molar-refractivity contribution in [1.29, 1.82) is 0 Å². The second-order valence-corrected chi connectivity index (χ2v) is 8.69. The molecule has 0 fully saturated rings. The van der Waals surface area contributed by atoms with Gasteiger partial charge in [-0.1, -0.05) is 31.1 Å². The van der Waals surface area contributed by atoms with E-state index in [1.165, 1.54) is 11.3 Å². The first-order valence-electron chi connectivity index (χ1n) is 11.0. The van der Waals surface area contributed by atoms with E-state index in [1.807, 2.05) is 19.9 Å². The van der Waals surface area contributed by atoms with Crippen LogP contribution < -0.4 is 9.54 Å². The van der Waals surface area contributed by atoms with Crippen LogP contribution >= 0.6 is 11.3 Å². The Hall–Kier alpha value is -2.93. The number of amides is 1. The van der Waals surface area contributed by atoms with Crippen LogP contribution in [0.15, 0.2) is 41.4 Å². The predicted octanol–water partition coefficient (Wildman–Crippen LogP) is 5.19. The van der Waals surface area contributed by atoms with Gasteiger partial charge in [-0.05, 0) is 74.7 Å². The molecule has 1 aromatic heterocycles. The SMILES string of the molecule is CCCCCOc1ccc(C(=O)N=c2sc3cc(C)c(C)cc3n2CC(=O)OCC)cc1. The van der Waals surface area contributed by atoms with Crippen LogP contribution in [-0.2, 0) is 16.1 Å². The first-order valence-corrected chi connectivity index (χ1v) is 11.8. The average Bonchev–Trinajstić information content (AvgIpc) is 3.08. The Morgan fingerprint density at radius 2 is 1.75 bits per heavy atom. The normalized spacial score (nSPS) is 11.7. The fourth-order valence-corrected chi connectivity index (χ4v) is 4.39. The van der Waals surface area contributed by atoms with Crippen molar-refractivity contribution in [3.8, 4) is 5.75 Å². The summed E-state index contributed by atoms with van der Waals surface area (Å²) in [6, 6.07) is 11.1. The van der Waals surface area contributed by atoms with Gasteiger partial charge in [0.05, 0.1) is 23.4 Å². The number of benzene rings is 2. The molecule has 0 aliphatic rings. The summed E-state index contributed by atoms with van der Waals surface area (Å²) in [5.41, 5.74) is 3.60. The molecule has 0 unspecified atom stereocenters. The van der Waals surface area contributed by atoms with Gasteiger partial charge in [-0.15, -0.1) is 0 Å². The van der Waals surface area contributed by atoms with Crippen molar-refractivity contribution in [2.75, 3.05) is 13.2 Å². The van der Waals surface area contributed by atoms with E-state index < -0.39 is 0 Å². The van der Waals surface area contributed by atoms with E-state index in [2.05, 4.69) is 18.0 Å². The molecule has 1 heterocycles. The van der Waals surface area contributed by atoms with E-state index in [9.17, 15) is 9.59 Å². The van der Waals surface area contributed by atoms with Crippen molar-refractivity contribution in [3.63, 3.8) is 0 Å². The number of rotatable bonds is 9. The summed E-state index contributed by atoms with van der Waals surface area (Å²) < 4.78 is 13.6. The maximum absolute atomic E-state index is 12.9. The summed E-state index contributed by atoms with van der Waals surface area (Å²) >= 11 is 1.39. The molecule has 3 rings (SSSR count). The van der Waals surface area contributed by atoms with Crippen LogP contribution in [0.5, 0.6) is 5.75 Å². The highest BCUT2D eigenvalue weighted by Gasteiger charge is 2.14. The molecule has 0 atom stereocenters. The van der Waals surface area contributed by atoms with Gasteiger partial charge in [-0.2, -0.15) is 4.99 Å². The van der Waals surface area contributed by atoms with E-state index in [4.69, 9.17) is 9.47 Å². The van der Waals surface area contributed by atoms with Gasteiger partial charge in [-0.3, -0.25) is 9.59 Å². The van der Waals surface area contributed by atoms with Crippen molar-refractivity contribution >= 4 is 33.4 Å². The van der Waals surface area contributed by atoms with Crippen LogP contribution in [0.4, 0.5) is 0 Å². The second-order valence-electron chi connectivity index (χ2n) is 7.68. The molecule has 1 amide bonds. The molecule has 32 heavy (non-hydrogen) atoms. The lowest BCUT2D eigenvalue weighted by Gasteiger charge is -2.07. The van der Waals surface area contributed by atoms with E-state index in [0.717, 1.165) is 46.4 Å². The van der Waals surface area contributed by atoms with Crippen LogP contribution in [-0.4, -0.2) is 29.7 Å². The third-order valence-corrected chi connectivity index (χ3v) is 6.25. The molecule has 0 N–H and O–H groups in total. The molecule has 6 nitrogen and oxygen atoms in total. The van der Waals surface area contributed by atoms with Crippen LogP contribution in [0.1, 0.15) is 54.6 Å². The van der Waals surface area contributed by atoms with Crippen LogP contribution in [0.3, 0.4) is 0 Å². The van der Waals surface area contributed by atoms with Crippen molar-refractivity contribution in [2.24, 2.45) is 4.99 Å². The standard InChI is InChI=1S/C25H30N2O4S/c1-5-7-8-13-31-20-11-9-19(10-12-20)24(29)26-25-27(16-23(28)30-6-2)21-14-17(3)18(4)15-22(21)32-25/h9-12,14-15H,5-8,13,16H2,1-4H3. The van der Waals surface area contributed by atoms with E-state index >= 15 is 0 Å². The van der Waals surface area contributed by atoms with Gasteiger partial charge in [-0.25, -0.2) is 0 Å². The molecule has 170 valence electrons. The summed E-state index contributed by atoms with van der Waals surface area (Å²) in [6.45, 7) is 8.96. The Balaban J connectivity index is 1.90. The minimum atomic E-state index is -0.361. The summed E-state index contributed by atoms with van der Waals surface area (Å²) in [6.07, 6.45) is 3.29. The smallest absolute Gasteiger partial charge is 0.326 e. The van der Waals surface area contributed by atoms with Gasteiger partial charge in [0.15, 0.2) is 4.80 Å². The number of hydrogen-bond donors (Lipinski definition) is 0. The lowest BCUT2D eigenvalue weighted by molar-refractivity contribution is -0.143. The molecule has 2 aromatic carbocycles. The Kier molecular flexibility index (Phi) is 8.22. The van der Waals surface area contributed by atoms with Crippen molar-refractivity contribution < 1.29 is 19.1 Å². The number of aryl methyl sites for hydroxylation is 2. The number of fused-ring (bicyclic) bond motifs is 1. The lowest BCUT2D eigenvalue weighted by atomic mass is 10.1. The number of aromatic nitrogens is 1. The van der Waals surface area contributed by atoms with Gasteiger partial charge in [0.2, 0.25) is 0 Å². The number of carbonyl (C=O) groups excluding carboxylic acids is 2. The molecule has 0 radical (unpaired) electrons. The zero-order valence-corrected chi connectivity index (χ0v) is 20.0. The van der Waals surface area contributed by atoms with Gasteiger partial charge >= 0.3 is 5.97 Å². The predicted molar refractivity (Wildman–Crippen MR) is 127 cm³/mol. The summed E-state index contributed by atoms with van der Waals surface area (Å²) in [7, 11) is 0. The summed E-state index contributed by atoms with van der Waals surface area (Å²) in [5.74, 6) is 0.0203. The maximum Gasteiger partial charge on any atom is 0.326 e. The highest BCUT2D eigenvalue weighted by molar-refractivity contribution is 7.16. The van der Waals surface area contributed by atoms with Gasteiger partial charge in [0, 0.05) is 5.56 Å². The zero-order valence-electron chi connectivity index (χ0n) is 19.1. The van der Waals surface area contributed by atoms with Crippen LogP contribution in [0, 0.1) is 13.8 Å². The number of ether oxygens (including phenoxy) is 2. The number of hydrogen-bond acceptors (Lipinski definition) is 5. The van der Waals surface area contributed by atoms with Crippen molar-refractivity contribution in [1.82, 2.24) is 4.57 Å². The number of esters is 1. The summed E-state index contributed by atoms with van der Waals surface area (Å²) in [4.78, 5) is 29.9. The number of nitrogens with zero attached hydrogens (tertiary/aromatic N) is 2. The van der Waals surface area contributed by atoms with E-state index in [0.29, 0.717) is 23.6 Å². The molecule has 0 saturated heterocycles. The van der Waals surface area contributed by atoms with Crippen molar-refractivity contribution in [3.05, 3.63) is 57.9 Å². The Morgan fingerprint density at radius 1 is 1.03 bits per heavy atom. The Labute approximate surface area is 192 Å². The molecule has 0 saturated carbocycles. The van der Waals surface area contributed by atoms with E-state index in [1.54, 1.807) is 35.8 Å². The van der Waals surface area contributed by atoms with E-state index in [-0.39, 0.29) is 18.4 Å². The molecule has 7 heteroatoms. The molecular formula is C25H30N2O4S. The average molecular weight is 455 g/mol. The number of unbranched alkanes of at least 4 members (excludes halogenated alkanes) is 2. The molecule has 3 aromatic rings. The summed E-state index contributed by atoms with van der Waals surface area (Å²) in [5, 5.41) is 0. The number of thiazole rings is 1. The fourth-order valence-electron chi connectivity index (χ4n) is 3.28. The molecule has 0 spiro atoms.